The molecule has 1 amide bonds. The summed E-state index contributed by atoms with van der Waals surface area (Å²) in [5.41, 5.74) is 1.42. The molecule has 1 heterocycles. The number of hydrogen-bond acceptors (Lipinski definition) is 6. The molecule has 2 aromatic carbocycles. The van der Waals surface area contributed by atoms with Gasteiger partial charge in [0.1, 0.15) is 0 Å². The zero-order chi connectivity index (χ0) is 16.8. The number of methoxy groups -OCH3 is 1. The summed E-state index contributed by atoms with van der Waals surface area (Å²) in [5, 5.41) is 10.2. The predicted molar refractivity (Wildman–Crippen MR) is 86.9 cm³/mol. The first-order valence-electron chi connectivity index (χ1n) is 7.18. The Kier molecular flexibility index (Phi) is 4.71. The van der Waals surface area contributed by atoms with E-state index >= 15 is 0 Å². The highest BCUT2D eigenvalue weighted by Crippen LogP contribution is 2.25. The third-order valence-electron chi connectivity index (χ3n) is 3.20. The molecule has 1 N–H and O–H groups in total. The van der Waals surface area contributed by atoms with Crippen LogP contribution in [0.15, 0.2) is 59.3 Å². The van der Waals surface area contributed by atoms with Gasteiger partial charge in [0.05, 0.1) is 7.11 Å². The molecule has 0 aliphatic heterocycles. The third-order valence-corrected chi connectivity index (χ3v) is 3.20. The average Bonchev–Trinajstić information content (AvgIpc) is 3.15. The Labute approximate surface area is 138 Å². The molecule has 0 unspecified atom stereocenters. The molecule has 7 nitrogen and oxygen atoms in total. The summed E-state index contributed by atoms with van der Waals surface area (Å²) in [7, 11) is 1.55. The maximum atomic E-state index is 12.0. The van der Waals surface area contributed by atoms with Crippen LogP contribution < -0.4 is 14.8 Å². The summed E-state index contributed by atoms with van der Waals surface area (Å²) in [6, 6.07) is 14.2. The monoisotopic (exact) mass is 325 g/mol. The predicted octanol–water partition coefficient (Wildman–Crippen LogP) is 2.76. The highest BCUT2D eigenvalue weighted by atomic mass is 16.5. The molecule has 7 heteroatoms. The van der Waals surface area contributed by atoms with Crippen molar-refractivity contribution in [3.8, 4) is 23.0 Å². The molecule has 24 heavy (non-hydrogen) atoms. The molecule has 0 saturated carbocycles. The Morgan fingerprint density at radius 3 is 2.54 bits per heavy atom. The third kappa shape index (κ3) is 3.70. The van der Waals surface area contributed by atoms with E-state index in [-0.39, 0.29) is 12.5 Å². The van der Waals surface area contributed by atoms with Crippen molar-refractivity contribution in [1.82, 2.24) is 10.2 Å². The largest absolute Gasteiger partial charge is 0.493 e. The van der Waals surface area contributed by atoms with Gasteiger partial charge in [0.15, 0.2) is 18.1 Å². The molecule has 0 fully saturated rings. The topological polar surface area (TPSA) is 86.5 Å². The van der Waals surface area contributed by atoms with Gasteiger partial charge in [-0.1, -0.05) is 12.1 Å². The molecule has 0 aliphatic rings. The summed E-state index contributed by atoms with van der Waals surface area (Å²) in [5.74, 6) is 1.25. The fourth-order valence-corrected chi connectivity index (χ4v) is 2.07. The second-order valence-corrected chi connectivity index (χ2v) is 4.81. The number of para-hydroxylation sites is 2. The maximum absolute atomic E-state index is 12.0. The van der Waals surface area contributed by atoms with Crippen LogP contribution in [0.5, 0.6) is 11.5 Å². The van der Waals surface area contributed by atoms with Crippen molar-refractivity contribution in [2.75, 3.05) is 19.0 Å². The molecule has 122 valence electrons. The molecular formula is C17H15N3O4. The lowest BCUT2D eigenvalue weighted by Gasteiger charge is -2.10. The Hall–Kier alpha value is -3.35. The van der Waals surface area contributed by atoms with E-state index in [4.69, 9.17) is 13.9 Å². The SMILES string of the molecule is COc1ccccc1OCC(=O)Nc1ccc(-c2nnco2)cc1. The van der Waals surface area contributed by atoms with Crippen molar-refractivity contribution in [1.29, 1.82) is 0 Å². The van der Waals surface area contributed by atoms with Gasteiger partial charge >= 0.3 is 0 Å². The van der Waals surface area contributed by atoms with Crippen LogP contribution in [0, 0.1) is 0 Å². The quantitative estimate of drug-likeness (QED) is 0.750. The van der Waals surface area contributed by atoms with E-state index in [1.165, 1.54) is 6.39 Å². The summed E-state index contributed by atoms with van der Waals surface area (Å²) < 4.78 is 15.8. The van der Waals surface area contributed by atoms with Gasteiger partial charge in [0.2, 0.25) is 12.3 Å². The molecule has 3 rings (SSSR count). The van der Waals surface area contributed by atoms with E-state index in [0.29, 0.717) is 23.1 Å². The molecule has 0 aliphatic carbocycles. The Morgan fingerprint density at radius 2 is 1.88 bits per heavy atom. The second-order valence-electron chi connectivity index (χ2n) is 4.81. The van der Waals surface area contributed by atoms with E-state index in [2.05, 4.69) is 15.5 Å². The number of carbonyl (C=O) groups excluding carboxylic acids is 1. The minimum absolute atomic E-state index is 0.119. The zero-order valence-electron chi connectivity index (χ0n) is 12.9. The van der Waals surface area contributed by atoms with Crippen molar-refractivity contribution in [2.45, 2.75) is 0 Å². The minimum atomic E-state index is -0.272. The van der Waals surface area contributed by atoms with Crippen LogP contribution in [0.2, 0.25) is 0 Å². The van der Waals surface area contributed by atoms with Gasteiger partial charge in [-0.05, 0) is 36.4 Å². The van der Waals surface area contributed by atoms with Crippen LogP contribution >= 0.6 is 0 Å². The van der Waals surface area contributed by atoms with Crippen molar-refractivity contribution in [2.24, 2.45) is 0 Å². The van der Waals surface area contributed by atoms with Crippen molar-refractivity contribution < 1.29 is 18.7 Å². The lowest BCUT2D eigenvalue weighted by molar-refractivity contribution is -0.118. The molecule has 0 radical (unpaired) electrons. The number of anilines is 1. The van der Waals surface area contributed by atoms with Crippen LogP contribution in [0.25, 0.3) is 11.5 Å². The van der Waals surface area contributed by atoms with Gasteiger partial charge in [0.25, 0.3) is 5.91 Å². The van der Waals surface area contributed by atoms with Crippen molar-refractivity contribution in [3.63, 3.8) is 0 Å². The average molecular weight is 325 g/mol. The molecule has 0 spiro atoms. The number of nitrogens with zero attached hydrogens (tertiary/aromatic N) is 2. The zero-order valence-corrected chi connectivity index (χ0v) is 12.9. The van der Waals surface area contributed by atoms with Gasteiger partial charge in [-0.2, -0.15) is 0 Å². The lowest BCUT2D eigenvalue weighted by atomic mass is 10.2. The van der Waals surface area contributed by atoms with E-state index in [9.17, 15) is 4.79 Å². The minimum Gasteiger partial charge on any atom is -0.493 e. The number of aromatic nitrogens is 2. The van der Waals surface area contributed by atoms with Crippen LogP contribution in [0.4, 0.5) is 5.69 Å². The molecule has 0 saturated heterocycles. The Bertz CT molecular complexity index is 801. The number of ether oxygens (including phenoxy) is 2. The number of hydrogen-bond donors (Lipinski definition) is 1. The van der Waals surface area contributed by atoms with E-state index < -0.39 is 0 Å². The summed E-state index contributed by atoms with van der Waals surface area (Å²) in [6.45, 7) is -0.119. The number of carbonyl (C=O) groups is 1. The van der Waals surface area contributed by atoms with Gasteiger partial charge in [-0.3, -0.25) is 4.79 Å². The Morgan fingerprint density at radius 1 is 1.12 bits per heavy atom. The summed E-state index contributed by atoms with van der Waals surface area (Å²) in [6.07, 6.45) is 1.26. The van der Waals surface area contributed by atoms with E-state index in [0.717, 1.165) is 5.56 Å². The summed E-state index contributed by atoms with van der Waals surface area (Å²) >= 11 is 0. The van der Waals surface area contributed by atoms with E-state index in [1.807, 2.05) is 12.1 Å². The highest BCUT2D eigenvalue weighted by Gasteiger charge is 2.08. The van der Waals surface area contributed by atoms with Crippen LogP contribution in [0.3, 0.4) is 0 Å². The smallest absolute Gasteiger partial charge is 0.262 e. The lowest BCUT2D eigenvalue weighted by Crippen LogP contribution is -2.20. The molecule has 0 atom stereocenters. The first-order chi connectivity index (χ1) is 11.8. The van der Waals surface area contributed by atoms with Gasteiger partial charge in [-0.25, -0.2) is 0 Å². The van der Waals surface area contributed by atoms with Crippen LogP contribution in [-0.4, -0.2) is 29.8 Å². The number of nitrogens with one attached hydrogen (secondary N) is 1. The number of rotatable bonds is 6. The second kappa shape index (κ2) is 7.28. The van der Waals surface area contributed by atoms with Crippen molar-refractivity contribution in [3.05, 3.63) is 54.9 Å². The normalized spacial score (nSPS) is 10.2. The fraction of sp³-hybridized carbons (Fsp3) is 0.118. The Balaban J connectivity index is 1.57. The number of benzene rings is 2. The molecule has 0 bridgehead atoms. The molecular weight excluding hydrogens is 310 g/mol. The van der Waals surface area contributed by atoms with Gasteiger partial charge < -0.3 is 19.2 Å². The summed E-state index contributed by atoms with van der Waals surface area (Å²) in [4.78, 5) is 12.0. The first kappa shape index (κ1) is 15.5. The van der Waals surface area contributed by atoms with E-state index in [1.54, 1.807) is 43.5 Å². The van der Waals surface area contributed by atoms with Crippen LogP contribution in [-0.2, 0) is 4.79 Å². The molecule has 1 aromatic heterocycles. The van der Waals surface area contributed by atoms with Gasteiger partial charge in [-0.15, -0.1) is 10.2 Å². The molecule has 3 aromatic rings. The van der Waals surface area contributed by atoms with Crippen LogP contribution in [0.1, 0.15) is 0 Å². The fourth-order valence-electron chi connectivity index (χ4n) is 2.07. The first-order valence-corrected chi connectivity index (χ1v) is 7.18. The maximum Gasteiger partial charge on any atom is 0.262 e. The highest BCUT2D eigenvalue weighted by molar-refractivity contribution is 5.92. The standard InChI is InChI=1S/C17H15N3O4/c1-22-14-4-2-3-5-15(14)23-10-16(21)19-13-8-6-12(7-9-13)17-20-18-11-24-17/h2-9,11H,10H2,1H3,(H,19,21). The van der Waals surface area contributed by atoms with Gasteiger partial charge in [0, 0.05) is 11.3 Å². The number of amides is 1. The van der Waals surface area contributed by atoms with Crippen molar-refractivity contribution >= 4 is 11.6 Å².